The van der Waals surface area contributed by atoms with Crippen molar-refractivity contribution in [1.82, 2.24) is 9.97 Å². The van der Waals surface area contributed by atoms with Gasteiger partial charge in [-0.2, -0.15) is 4.39 Å². The molecule has 14 heteroatoms. The molecule has 2 aromatic carbocycles. The van der Waals surface area contributed by atoms with E-state index >= 15 is 0 Å². The zero-order chi connectivity index (χ0) is 28.2. The van der Waals surface area contributed by atoms with Gasteiger partial charge in [-0.05, 0) is 24.3 Å². The molecule has 0 N–H and O–H groups in total. The van der Waals surface area contributed by atoms with Crippen molar-refractivity contribution in [2.24, 2.45) is 0 Å². The molecule has 0 radical (unpaired) electrons. The molecular weight excluding hydrogens is 701 g/mol. The molecule has 0 spiro atoms. The summed E-state index contributed by atoms with van der Waals surface area (Å²) in [5, 5.41) is 2.47. The van der Waals surface area contributed by atoms with Crippen LogP contribution >= 0.6 is 11.6 Å². The second kappa shape index (κ2) is 16.0. The summed E-state index contributed by atoms with van der Waals surface area (Å²) in [6.07, 6.45) is 3.19. The Labute approximate surface area is 304 Å². The van der Waals surface area contributed by atoms with E-state index in [9.17, 15) is 13.2 Å². The van der Waals surface area contributed by atoms with Crippen molar-refractivity contribution in [1.29, 1.82) is 0 Å². The molecule has 0 saturated carbocycles. The first-order valence-corrected chi connectivity index (χ1v) is 13.1. The third-order valence-electron chi connectivity index (χ3n) is 6.88. The number of methoxy groups -OCH3 is 2. The van der Waals surface area contributed by atoms with Gasteiger partial charge >= 0.3 is 68.9 Å². The molecule has 2 aliphatic rings. The van der Waals surface area contributed by atoms with Gasteiger partial charge in [0.25, 0.3) is 0 Å². The van der Waals surface area contributed by atoms with E-state index in [1.807, 2.05) is 0 Å². The molecular formula is C28H28ClCsF4N4O4. The number of nitrogens with zero attached hydrogens (tertiary/aromatic N) is 4. The molecule has 2 aromatic heterocycles. The largest absolute Gasteiger partial charge is 1.00 e. The van der Waals surface area contributed by atoms with Crippen LogP contribution in [0.25, 0.3) is 21.5 Å². The summed E-state index contributed by atoms with van der Waals surface area (Å²) in [7, 11) is 2.83. The Morgan fingerprint density at radius 2 is 1.12 bits per heavy atom. The van der Waals surface area contributed by atoms with Crippen LogP contribution in [-0.2, 0) is 9.47 Å². The number of ether oxygens (including phenoxy) is 4. The van der Waals surface area contributed by atoms with E-state index in [2.05, 4.69) is 19.8 Å². The number of pyridine rings is 2. The molecule has 2 saturated heterocycles. The molecule has 8 nitrogen and oxygen atoms in total. The minimum atomic E-state index is -0.682. The Bertz CT molecular complexity index is 1410. The van der Waals surface area contributed by atoms with Crippen LogP contribution in [-0.4, -0.2) is 76.8 Å². The first-order chi connectivity index (χ1) is 19.4. The molecule has 220 valence electrons. The molecule has 42 heavy (non-hydrogen) atoms. The van der Waals surface area contributed by atoms with Gasteiger partial charge in [-0.3, -0.25) is 0 Å². The van der Waals surface area contributed by atoms with Crippen molar-refractivity contribution in [2.45, 2.75) is 0 Å². The van der Waals surface area contributed by atoms with Crippen molar-refractivity contribution >= 4 is 44.5 Å². The number of aromatic nitrogens is 2. The Morgan fingerprint density at radius 1 is 0.690 bits per heavy atom. The van der Waals surface area contributed by atoms with Crippen LogP contribution in [0.3, 0.4) is 0 Å². The van der Waals surface area contributed by atoms with Crippen LogP contribution in [0.4, 0.5) is 24.5 Å². The van der Waals surface area contributed by atoms with Gasteiger partial charge < -0.3 is 33.5 Å². The van der Waals surface area contributed by atoms with Crippen LogP contribution in [0, 0.1) is 17.6 Å². The minimum absolute atomic E-state index is 0. The standard InChI is InChI=1S/C14H14ClFN2O2.C14H14F2N2O2.Cs.FH/c1-19-13-7-9-10(6-11(13)16)14(15)17-8-12(9)18-2-4-20-5-3-18;1-19-13-7-9-10(6-11(13)15)14(16)17-8-12(9)18-2-4-20-5-3-18;;/h2*6-8H,2-5H2,1H3;;1H/q;;+1;/p-1. The number of hydrogen-bond acceptors (Lipinski definition) is 8. The van der Waals surface area contributed by atoms with E-state index in [-0.39, 0.29) is 90.5 Å². The molecule has 6 rings (SSSR count). The van der Waals surface area contributed by atoms with Gasteiger partial charge in [-0.1, -0.05) is 11.6 Å². The van der Waals surface area contributed by atoms with Gasteiger partial charge in [0, 0.05) is 47.7 Å². The fraction of sp³-hybridized carbons (Fsp3) is 0.357. The molecule has 2 fully saturated rings. The van der Waals surface area contributed by atoms with E-state index in [0.717, 1.165) is 35.9 Å². The SMILES string of the molecule is COc1cc2c(N3CCOCC3)cnc(Cl)c2cc1F.COc1cc2c(N3CCOCC3)cnc(F)c2cc1F.[Cs+].[F-]. The first-order valence-electron chi connectivity index (χ1n) is 12.7. The third kappa shape index (κ3) is 7.56. The van der Waals surface area contributed by atoms with E-state index in [1.54, 1.807) is 12.3 Å². The minimum Gasteiger partial charge on any atom is -1.00 e. The van der Waals surface area contributed by atoms with Crippen molar-refractivity contribution in [3.05, 3.63) is 59.4 Å². The number of fused-ring (bicyclic) bond motifs is 2. The maximum Gasteiger partial charge on any atom is 1.00 e. The molecule has 4 aromatic rings. The number of halogens is 5. The molecule has 2 aliphatic heterocycles. The summed E-state index contributed by atoms with van der Waals surface area (Å²) in [4.78, 5) is 12.1. The zero-order valence-electron chi connectivity index (χ0n) is 23.4. The average molecular weight is 729 g/mol. The number of rotatable bonds is 4. The van der Waals surface area contributed by atoms with Crippen LogP contribution in [0.15, 0.2) is 36.7 Å². The van der Waals surface area contributed by atoms with Gasteiger partial charge in [0.15, 0.2) is 23.1 Å². The Kier molecular flexibility index (Phi) is 13.3. The maximum atomic E-state index is 13.8. The fourth-order valence-corrected chi connectivity index (χ4v) is 5.02. The van der Waals surface area contributed by atoms with E-state index in [4.69, 9.17) is 30.5 Å². The van der Waals surface area contributed by atoms with E-state index in [0.29, 0.717) is 55.4 Å². The summed E-state index contributed by atoms with van der Waals surface area (Å²) in [6.45, 7) is 5.50. The van der Waals surface area contributed by atoms with Crippen LogP contribution in [0.2, 0.25) is 5.15 Å². The Balaban J connectivity index is 0.000000220. The van der Waals surface area contributed by atoms with Gasteiger partial charge in [-0.15, -0.1) is 0 Å². The smallest absolute Gasteiger partial charge is 1.00 e. The Hall–Kier alpha value is -1.56. The monoisotopic (exact) mass is 728 g/mol. The summed E-state index contributed by atoms with van der Waals surface area (Å²) in [5.74, 6) is -1.42. The molecule has 0 amide bonds. The van der Waals surface area contributed by atoms with E-state index < -0.39 is 17.6 Å². The molecule has 0 atom stereocenters. The summed E-state index contributed by atoms with van der Waals surface area (Å²) >= 11 is 6.07. The van der Waals surface area contributed by atoms with E-state index in [1.165, 1.54) is 32.5 Å². The van der Waals surface area contributed by atoms with Crippen molar-refractivity contribution in [3.8, 4) is 11.5 Å². The number of morpholine rings is 2. The molecule has 0 bridgehead atoms. The average Bonchev–Trinajstić information content (AvgIpc) is 2.99. The Morgan fingerprint density at radius 3 is 1.60 bits per heavy atom. The van der Waals surface area contributed by atoms with Crippen molar-refractivity contribution < 1.29 is 106 Å². The van der Waals surface area contributed by atoms with Crippen molar-refractivity contribution in [2.75, 3.05) is 76.6 Å². The quantitative estimate of drug-likeness (QED) is 0.201. The topological polar surface area (TPSA) is 69.2 Å². The summed E-state index contributed by atoms with van der Waals surface area (Å²) in [5.41, 5.74) is 1.69. The van der Waals surface area contributed by atoms with Gasteiger partial charge in [-0.25, -0.2) is 18.7 Å². The normalized spacial score (nSPS) is 14.9. The second-order valence-corrected chi connectivity index (χ2v) is 9.49. The summed E-state index contributed by atoms with van der Waals surface area (Å²) < 4.78 is 62.0. The third-order valence-corrected chi connectivity index (χ3v) is 7.19. The molecule has 0 unspecified atom stereocenters. The first kappa shape index (κ1) is 34.9. The van der Waals surface area contributed by atoms with Gasteiger partial charge in [0.1, 0.15) is 5.15 Å². The molecule has 0 aliphatic carbocycles. The van der Waals surface area contributed by atoms with Gasteiger partial charge in [0.2, 0.25) is 5.95 Å². The fourth-order valence-electron chi connectivity index (χ4n) is 4.81. The number of benzene rings is 2. The van der Waals surface area contributed by atoms with Crippen LogP contribution < -0.4 is 92.9 Å². The van der Waals surface area contributed by atoms with Crippen LogP contribution in [0.5, 0.6) is 11.5 Å². The van der Waals surface area contributed by atoms with Gasteiger partial charge in [0.05, 0.1) is 64.4 Å². The van der Waals surface area contributed by atoms with Crippen LogP contribution in [0.1, 0.15) is 0 Å². The number of hydrogen-bond donors (Lipinski definition) is 0. The van der Waals surface area contributed by atoms with Crippen molar-refractivity contribution in [3.63, 3.8) is 0 Å². The summed E-state index contributed by atoms with van der Waals surface area (Å²) in [6, 6.07) is 5.68. The predicted molar refractivity (Wildman–Crippen MR) is 148 cm³/mol. The maximum absolute atomic E-state index is 13.8. The predicted octanol–water partition coefficient (Wildman–Crippen LogP) is -0.761. The zero-order valence-corrected chi connectivity index (χ0v) is 30.5. The number of anilines is 2. The second-order valence-electron chi connectivity index (χ2n) is 9.13. The molecule has 4 heterocycles.